The topological polar surface area (TPSA) is 178 Å². The SMILES string of the molecule is CCc1c(-c2cccc3cc(-c4cnn(CCC5CCN(c6ncc(C(=O)NC7C(C)(C)C(Oc8ccc(C#N)c(Cl)c8)C7(C)C)cn6)CC5)c4)ncc23)nn(C2CCOCC2)c1CCNC=O. The zero-order chi connectivity index (χ0) is 47.6. The van der Waals surface area contributed by atoms with E-state index in [0.717, 1.165) is 111 Å². The van der Waals surface area contributed by atoms with Crippen LogP contribution < -0.4 is 20.3 Å². The number of carbonyl (C=O) groups excluding carboxylic acids is 2. The van der Waals surface area contributed by atoms with E-state index in [4.69, 9.17) is 36.3 Å². The van der Waals surface area contributed by atoms with Crippen LogP contribution in [0.25, 0.3) is 33.3 Å². The number of nitrogens with zero attached hydrogens (tertiary/aromatic N) is 9. The third-order valence-corrected chi connectivity index (χ3v) is 14.9. The number of piperidine rings is 1. The van der Waals surface area contributed by atoms with Crippen LogP contribution in [0.1, 0.15) is 99.9 Å². The van der Waals surface area contributed by atoms with Crippen molar-refractivity contribution in [2.75, 3.05) is 37.7 Å². The number of anilines is 1. The highest BCUT2D eigenvalue weighted by Gasteiger charge is 2.64. The molecule has 68 heavy (non-hydrogen) atoms. The van der Waals surface area contributed by atoms with Gasteiger partial charge in [0.2, 0.25) is 12.4 Å². The molecule has 0 radical (unpaired) electrons. The van der Waals surface area contributed by atoms with E-state index < -0.39 is 0 Å². The minimum absolute atomic E-state index is 0.170. The van der Waals surface area contributed by atoms with Crippen molar-refractivity contribution in [3.05, 3.63) is 101 Å². The molecule has 354 valence electrons. The molecule has 2 aliphatic heterocycles. The Labute approximate surface area is 402 Å². The van der Waals surface area contributed by atoms with Crippen LogP contribution >= 0.6 is 11.6 Å². The van der Waals surface area contributed by atoms with E-state index in [2.05, 4.69) is 101 Å². The predicted molar refractivity (Wildman–Crippen MR) is 261 cm³/mol. The minimum atomic E-state index is -0.383. The van der Waals surface area contributed by atoms with Crippen LogP contribution in [0.4, 0.5) is 5.95 Å². The molecule has 1 saturated carbocycles. The molecule has 0 atom stereocenters. The Balaban J connectivity index is 0.782. The molecule has 4 aromatic heterocycles. The summed E-state index contributed by atoms with van der Waals surface area (Å²) in [6, 6.07) is 15.8. The molecule has 2 amide bonds. The minimum Gasteiger partial charge on any atom is -0.489 e. The van der Waals surface area contributed by atoms with Gasteiger partial charge in [0.1, 0.15) is 17.9 Å². The van der Waals surface area contributed by atoms with E-state index in [1.54, 1.807) is 30.6 Å². The third-order valence-electron chi connectivity index (χ3n) is 14.5. The lowest BCUT2D eigenvalue weighted by molar-refractivity contribution is -0.164. The number of aromatic nitrogens is 7. The van der Waals surface area contributed by atoms with Crippen molar-refractivity contribution in [1.29, 1.82) is 5.26 Å². The van der Waals surface area contributed by atoms with Gasteiger partial charge in [0.25, 0.3) is 5.91 Å². The quantitative estimate of drug-likeness (QED) is 0.0704. The van der Waals surface area contributed by atoms with Gasteiger partial charge in [-0.25, -0.2) is 9.97 Å². The fourth-order valence-corrected chi connectivity index (χ4v) is 11.4. The maximum absolute atomic E-state index is 13.5. The van der Waals surface area contributed by atoms with Gasteiger partial charge in [-0.2, -0.15) is 15.5 Å². The molecule has 2 aromatic carbocycles. The molecule has 16 heteroatoms. The fourth-order valence-electron chi connectivity index (χ4n) is 11.1. The number of hydrogen-bond donors (Lipinski definition) is 2. The molecule has 9 rings (SSSR count). The molecule has 0 unspecified atom stereocenters. The summed E-state index contributed by atoms with van der Waals surface area (Å²) in [4.78, 5) is 41.0. The van der Waals surface area contributed by atoms with Crippen molar-refractivity contribution < 1.29 is 19.1 Å². The van der Waals surface area contributed by atoms with Gasteiger partial charge in [0, 0.05) is 121 Å². The third kappa shape index (κ3) is 9.28. The normalized spacial score (nSPS) is 19.3. The van der Waals surface area contributed by atoms with E-state index in [1.807, 2.05) is 17.1 Å². The van der Waals surface area contributed by atoms with Gasteiger partial charge < -0.3 is 25.0 Å². The summed E-state index contributed by atoms with van der Waals surface area (Å²) in [6.07, 6.45) is 16.2. The Morgan fingerprint density at radius 1 is 1.00 bits per heavy atom. The highest BCUT2D eigenvalue weighted by Crippen LogP contribution is 2.55. The lowest BCUT2D eigenvalue weighted by Gasteiger charge is -2.63. The number of nitrogens with one attached hydrogen (secondary N) is 2. The zero-order valence-electron chi connectivity index (χ0n) is 39.5. The Kier molecular flexibility index (Phi) is 13.5. The molecule has 2 saturated heterocycles. The van der Waals surface area contributed by atoms with Crippen LogP contribution in [0.3, 0.4) is 0 Å². The van der Waals surface area contributed by atoms with Crippen LogP contribution in [0.15, 0.2) is 73.4 Å². The second-order valence-corrected chi connectivity index (χ2v) is 20.0. The number of rotatable bonds is 16. The fraction of sp³-hybridized carbons (Fsp3) is 0.462. The zero-order valence-corrected chi connectivity index (χ0v) is 40.3. The van der Waals surface area contributed by atoms with Crippen molar-refractivity contribution in [3.8, 4) is 34.3 Å². The van der Waals surface area contributed by atoms with Gasteiger partial charge in [-0.05, 0) is 68.0 Å². The molecule has 6 aromatic rings. The van der Waals surface area contributed by atoms with E-state index in [-0.39, 0.29) is 34.9 Å². The average Bonchev–Trinajstić information content (AvgIpc) is 3.99. The number of halogens is 1. The molecule has 3 fully saturated rings. The van der Waals surface area contributed by atoms with Gasteiger partial charge in [0.15, 0.2) is 0 Å². The van der Waals surface area contributed by atoms with Crippen LogP contribution in [0.2, 0.25) is 5.02 Å². The van der Waals surface area contributed by atoms with Crippen molar-refractivity contribution >= 4 is 40.6 Å². The summed E-state index contributed by atoms with van der Waals surface area (Å²) in [5, 5.41) is 27.8. The van der Waals surface area contributed by atoms with Crippen LogP contribution in [-0.4, -0.2) is 91.8 Å². The molecule has 15 nitrogen and oxygen atoms in total. The monoisotopic (exact) mass is 937 g/mol. The molecule has 0 bridgehead atoms. The summed E-state index contributed by atoms with van der Waals surface area (Å²) >= 11 is 6.27. The van der Waals surface area contributed by atoms with E-state index in [0.29, 0.717) is 46.7 Å². The molecule has 3 aliphatic rings. The van der Waals surface area contributed by atoms with Crippen LogP contribution in [0, 0.1) is 28.1 Å². The van der Waals surface area contributed by atoms with Crippen LogP contribution in [0.5, 0.6) is 5.75 Å². The second kappa shape index (κ2) is 19.7. The molecular weight excluding hydrogens is 878 g/mol. The number of fused-ring (bicyclic) bond motifs is 1. The maximum Gasteiger partial charge on any atom is 0.254 e. The number of hydrogen-bond acceptors (Lipinski definition) is 11. The number of amides is 2. The van der Waals surface area contributed by atoms with Gasteiger partial charge >= 0.3 is 0 Å². The van der Waals surface area contributed by atoms with Gasteiger partial charge in [0.05, 0.1) is 39.8 Å². The Morgan fingerprint density at radius 3 is 2.47 bits per heavy atom. The van der Waals surface area contributed by atoms with E-state index in [1.165, 1.54) is 11.3 Å². The van der Waals surface area contributed by atoms with Gasteiger partial charge in [-0.1, -0.05) is 64.4 Å². The highest BCUT2D eigenvalue weighted by molar-refractivity contribution is 6.31. The lowest BCUT2D eigenvalue weighted by atomic mass is 9.49. The molecular formula is C52H60ClN11O4. The summed E-state index contributed by atoms with van der Waals surface area (Å²) in [5.41, 5.74) is 6.34. The summed E-state index contributed by atoms with van der Waals surface area (Å²) in [6.45, 7) is 15.0. The number of pyridine rings is 1. The smallest absolute Gasteiger partial charge is 0.254 e. The highest BCUT2D eigenvalue weighted by atomic mass is 35.5. The maximum atomic E-state index is 13.5. The Morgan fingerprint density at radius 2 is 1.76 bits per heavy atom. The molecule has 2 N–H and O–H groups in total. The van der Waals surface area contributed by atoms with E-state index in [9.17, 15) is 14.9 Å². The molecule has 6 heterocycles. The first-order valence-electron chi connectivity index (χ1n) is 23.9. The van der Waals surface area contributed by atoms with Crippen molar-refractivity contribution in [3.63, 3.8) is 0 Å². The summed E-state index contributed by atoms with van der Waals surface area (Å²) in [5.74, 6) is 1.54. The first kappa shape index (κ1) is 46.7. The van der Waals surface area contributed by atoms with Crippen molar-refractivity contribution in [2.24, 2.45) is 16.7 Å². The first-order chi connectivity index (χ1) is 32.9. The van der Waals surface area contributed by atoms with E-state index >= 15 is 0 Å². The van der Waals surface area contributed by atoms with Crippen molar-refractivity contribution in [2.45, 2.75) is 104 Å². The van der Waals surface area contributed by atoms with Gasteiger partial charge in [-0.15, -0.1) is 0 Å². The predicted octanol–water partition coefficient (Wildman–Crippen LogP) is 8.40. The molecule has 1 aliphatic carbocycles. The number of aryl methyl sites for hydroxylation is 1. The Hall–Kier alpha value is -6.37. The first-order valence-corrected chi connectivity index (χ1v) is 24.3. The number of nitriles is 1. The standard InChI is InChI=1S/C52H60ClN11O4/c1-6-40-45(12-18-55-32-65)64(38-16-22-67-23-17-38)61-46(40)41-9-7-8-34-24-44(56-30-42(34)41)37-29-59-63(31-37)21-15-33-13-19-62(20-14-33)50-57-27-36(28-58-50)47(66)60-48-51(2,3)49(52(48,4)5)68-39-11-10-35(26-54)43(53)25-39/h7-11,24-25,27-33,38,48-49H,6,12-23H2,1-5H3,(H,55,65)(H,60,66). The second-order valence-electron chi connectivity index (χ2n) is 19.6. The largest absolute Gasteiger partial charge is 0.489 e. The number of ether oxygens (including phenoxy) is 2. The number of carbonyl (C=O) groups is 2. The number of benzene rings is 2. The van der Waals surface area contributed by atoms with Crippen LogP contribution in [-0.2, 0) is 28.9 Å². The summed E-state index contributed by atoms with van der Waals surface area (Å²) < 4.78 is 16.3. The molecule has 0 spiro atoms. The lowest BCUT2D eigenvalue weighted by Crippen LogP contribution is -2.74. The Bertz CT molecular complexity index is 2800. The van der Waals surface area contributed by atoms with Crippen molar-refractivity contribution in [1.82, 2.24) is 45.1 Å². The van der Waals surface area contributed by atoms with Gasteiger partial charge in [-0.3, -0.25) is 23.9 Å². The summed E-state index contributed by atoms with van der Waals surface area (Å²) in [7, 11) is 0. The average molecular weight is 939 g/mol.